The number of carbonyl (C=O) groups is 1. The van der Waals surface area contributed by atoms with Gasteiger partial charge < -0.3 is 4.90 Å². The van der Waals surface area contributed by atoms with E-state index in [-0.39, 0.29) is 29.9 Å². The van der Waals surface area contributed by atoms with Crippen LogP contribution in [-0.4, -0.2) is 48.3 Å². The summed E-state index contributed by atoms with van der Waals surface area (Å²) in [5.41, 5.74) is 4.76. The molecule has 0 spiro atoms. The lowest BCUT2D eigenvalue weighted by Crippen LogP contribution is -2.42. The van der Waals surface area contributed by atoms with Crippen LogP contribution in [0.1, 0.15) is 37.4 Å². The molecule has 6 heteroatoms. The number of benzene rings is 2. The lowest BCUT2D eigenvalue weighted by atomic mass is 9.92. The second kappa shape index (κ2) is 9.41. The van der Waals surface area contributed by atoms with Crippen LogP contribution in [0.3, 0.4) is 0 Å². The van der Waals surface area contributed by atoms with Crippen molar-refractivity contribution < 1.29 is 13.2 Å². The molecule has 2 heterocycles. The van der Waals surface area contributed by atoms with E-state index in [0.717, 1.165) is 46.1 Å². The Kier molecular flexibility index (Phi) is 6.60. The molecule has 0 saturated carbocycles. The molecule has 1 amide bonds. The summed E-state index contributed by atoms with van der Waals surface area (Å²) in [6.45, 7) is 4.63. The minimum Gasteiger partial charge on any atom is -0.338 e. The van der Waals surface area contributed by atoms with Crippen LogP contribution in [0.15, 0.2) is 54.6 Å². The second-order valence-electron chi connectivity index (χ2n) is 8.61. The van der Waals surface area contributed by atoms with E-state index in [0.29, 0.717) is 13.0 Å². The largest absolute Gasteiger partial charge is 0.338 e. The summed E-state index contributed by atoms with van der Waals surface area (Å²) in [7, 11) is -3.07. The van der Waals surface area contributed by atoms with Crippen molar-refractivity contribution in [1.82, 2.24) is 9.88 Å². The van der Waals surface area contributed by atoms with E-state index >= 15 is 0 Å². The standard InChI is InChI=1S/C26H30N2O3S/c1-3-4-15-28(21-14-16-32(30,31)18-21)25(29)17-23-19(2)27-24-13-9-8-12-22(24)26(23)20-10-6-5-7-11-20/h5-13,21H,3-4,14-18H2,1-2H3. The topological polar surface area (TPSA) is 67.3 Å². The van der Waals surface area contributed by atoms with E-state index in [1.807, 2.05) is 48.2 Å². The number of unbranched alkanes of at least 4 members (excludes halogenated alkanes) is 1. The number of sulfone groups is 1. The fourth-order valence-electron chi connectivity index (χ4n) is 4.64. The molecule has 5 nitrogen and oxygen atoms in total. The van der Waals surface area contributed by atoms with Crippen LogP contribution in [0, 0.1) is 6.92 Å². The third-order valence-corrected chi connectivity index (χ3v) is 8.06. The van der Waals surface area contributed by atoms with Gasteiger partial charge in [0.15, 0.2) is 9.84 Å². The molecule has 168 valence electrons. The van der Waals surface area contributed by atoms with Gasteiger partial charge in [-0.1, -0.05) is 61.9 Å². The fourth-order valence-corrected chi connectivity index (χ4v) is 6.37. The number of hydrogen-bond acceptors (Lipinski definition) is 4. The van der Waals surface area contributed by atoms with Crippen LogP contribution >= 0.6 is 0 Å². The first kappa shape index (κ1) is 22.5. The first-order chi connectivity index (χ1) is 15.4. The summed E-state index contributed by atoms with van der Waals surface area (Å²) in [6, 6.07) is 17.9. The molecule has 1 aliphatic rings. The van der Waals surface area contributed by atoms with Gasteiger partial charge in [0, 0.05) is 23.7 Å². The molecule has 0 N–H and O–H groups in total. The third-order valence-electron chi connectivity index (χ3n) is 6.31. The third kappa shape index (κ3) is 4.70. The van der Waals surface area contributed by atoms with Gasteiger partial charge in [-0.2, -0.15) is 0 Å². The zero-order valence-corrected chi connectivity index (χ0v) is 19.6. The van der Waals surface area contributed by atoms with Crippen molar-refractivity contribution in [1.29, 1.82) is 0 Å². The smallest absolute Gasteiger partial charge is 0.227 e. The van der Waals surface area contributed by atoms with Gasteiger partial charge in [-0.15, -0.1) is 0 Å². The number of para-hydroxylation sites is 1. The number of carbonyl (C=O) groups excluding carboxylic acids is 1. The molecular weight excluding hydrogens is 420 g/mol. The summed E-state index contributed by atoms with van der Waals surface area (Å²) in [6.07, 6.45) is 2.56. The highest BCUT2D eigenvalue weighted by Crippen LogP contribution is 2.34. The van der Waals surface area contributed by atoms with Crippen molar-refractivity contribution in [3.8, 4) is 11.1 Å². The number of nitrogens with zero attached hydrogens (tertiary/aromatic N) is 2. The molecule has 0 bridgehead atoms. The Hall–Kier alpha value is -2.73. The van der Waals surface area contributed by atoms with Crippen molar-refractivity contribution in [3.05, 3.63) is 65.9 Å². The van der Waals surface area contributed by atoms with Crippen LogP contribution < -0.4 is 0 Å². The SMILES string of the molecule is CCCCN(C(=O)Cc1c(C)nc2ccccc2c1-c1ccccc1)C1CCS(=O)(=O)C1. The van der Waals surface area contributed by atoms with E-state index in [9.17, 15) is 13.2 Å². The lowest BCUT2D eigenvalue weighted by Gasteiger charge is -2.29. The molecule has 4 rings (SSSR count). The maximum atomic E-state index is 13.6. The second-order valence-corrected chi connectivity index (χ2v) is 10.8. The minimum absolute atomic E-state index is 0.0158. The quantitative estimate of drug-likeness (QED) is 0.529. The Labute approximate surface area is 190 Å². The van der Waals surface area contributed by atoms with Crippen LogP contribution in [0.5, 0.6) is 0 Å². The van der Waals surface area contributed by atoms with Gasteiger partial charge in [0.05, 0.1) is 23.4 Å². The zero-order valence-electron chi connectivity index (χ0n) is 18.8. The molecular formula is C26H30N2O3S. The summed E-state index contributed by atoms with van der Waals surface area (Å²) in [5, 5.41) is 1.02. The number of hydrogen-bond donors (Lipinski definition) is 0. The van der Waals surface area contributed by atoms with E-state index in [2.05, 4.69) is 25.1 Å². The van der Waals surface area contributed by atoms with Gasteiger partial charge >= 0.3 is 0 Å². The monoisotopic (exact) mass is 450 g/mol. The average molecular weight is 451 g/mol. The van der Waals surface area contributed by atoms with Gasteiger partial charge in [0.25, 0.3) is 0 Å². The Bertz CT molecular complexity index is 1220. The molecule has 1 saturated heterocycles. The predicted octanol–water partition coefficient (Wildman–Crippen LogP) is 4.57. The Morgan fingerprint density at radius 2 is 1.81 bits per heavy atom. The van der Waals surface area contributed by atoms with Crippen molar-refractivity contribution in [2.24, 2.45) is 0 Å². The Balaban J connectivity index is 1.75. The minimum atomic E-state index is -3.07. The van der Waals surface area contributed by atoms with E-state index in [1.165, 1.54) is 0 Å². The van der Waals surface area contributed by atoms with Crippen LogP contribution in [0.2, 0.25) is 0 Å². The summed E-state index contributed by atoms with van der Waals surface area (Å²) in [4.78, 5) is 20.2. The van der Waals surface area contributed by atoms with Crippen LogP contribution in [0.4, 0.5) is 0 Å². The van der Waals surface area contributed by atoms with Crippen molar-refractivity contribution >= 4 is 26.6 Å². The molecule has 0 aliphatic carbocycles. The number of rotatable bonds is 7. The molecule has 1 atom stereocenters. The highest BCUT2D eigenvalue weighted by Gasteiger charge is 2.34. The number of aromatic nitrogens is 1. The van der Waals surface area contributed by atoms with Gasteiger partial charge in [-0.25, -0.2) is 8.42 Å². The Morgan fingerprint density at radius 1 is 1.09 bits per heavy atom. The first-order valence-corrected chi connectivity index (χ1v) is 13.2. The van der Waals surface area contributed by atoms with E-state index in [4.69, 9.17) is 4.98 Å². The molecule has 0 radical (unpaired) electrons. The number of pyridine rings is 1. The molecule has 3 aromatic rings. The highest BCUT2D eigenvalue weighted by atomic mass is 32.2. The van der Waals surface area contributed by atoms with Crippen molar-refractivity contribution in [2.75, 3.05) is 18.1 Å². The van der Waals surface area contributed by atoms with E-state index in [1.54, 1.807) is 0 Å². The summed E-state index contributed by atoms with van der Waals surface area (Å²) < 4.78 is 24.2. The predicted molar refractivity (Wildman–Crippen MR) is 129 cm³/mol. The highest BCUT2D eigenvalue weighted by molar-refractivity contribution is 7.91. The Morgan fingerprint density at radius 3 is 2.50 bits per heavy atom. The number of amides is 1. The molecule has 1 unspecified atom stereocenters. The maximum absolute atomic E-state index is 13.6. The number of fused-ring (bicyclic) bond motifs is 1. The first-order valence-electron chi connectivity index (χ1n) is 11.3. The molecule has 1 aromatic heterocycles. The van der Waals surface area contributed by atoms with E-state index < -0.39 is 9.84 Å². The van der Waals surface area contributed by atoms with Gasteiger partial charge in [-0.05, 0) is 42.5 Å². The summed E-state index contributed by atoms with van der Waals surface area (Å²) >= 11 is 0. The van der Waals surface area contributed by atoms with Crippen LogP contribution in [-0.2, 0) is 21.1 Å². The van der Waals surface area contributed by atoms with Gasteiger partial charge in [0.2, 0.25) is 5.91 Å². The van der Waals surface area contributed by atoms with Crippen molar-refractivity contribution in [3.63, 3.8) is 0 Å². The molecule has 32 heavy (non-hydrogen) atoms. The van der Waals surface area contributed by atoms with Crippen molar-refractivity contribution in [2.45, 2.75) is 45.6 Å². The zero-order chi connectivity index (χ0) is 22.7. The normalized spacial score (nSPS) is 17.5. The molecule has 2 aromatic carbocycles. The van der Waals surface area contributed by atoms with Gasteiger partial charge in [-0.3, -0.25) is 9.78 Å². The van der Waals surface area contributed by atoms with Gasteiger partial charge in [0.1, 0.15) is 0 Å². The fraction of sp³-hybridized carbons (Fsp3) is 0.385. The molecule has 1 aliphatic heterocycles. The lowest BCUT2D eigenvalue weighted by molar-refractivity contribution is -0.132. The molecule has 1 fully saturated rings. The average Bonchev–Trinajstić information content (AvgIpc) is 3.14. The van der Waals surface area contributed by atoms with Crippen LogP contribution in [0.25, 0.3) is 22.0 Å². The summed E-state index contributed by atoms with van der Waals surface area (Å²) in [5.74, 6) is 0.223. The number of aryl methyl sites for hydroxylation is 1. The maximum Gasteiger partial charge on any atom is 0.227 e.